The van der Waals surface area contributed by atoms with Crippen molar-refractivity contribution < 1.29 is 14.2 Å². The molecule has 0 aliphatic carbocycles. The fourth-order valence-corrected chi connectivity index (χ4v) is 1.63. The smallest absolute Gasteiger partial charge is 0.311 e. The highest BCUT2D eigenvalue weighted by atomic mass is 16.9. The van der Waals surface area contributed by atoms with Gasteiger partial charge in [-0.25, -0.2) is 0 Å². The summed E-state index contributed by atoms with van der Waals surface area (Å²) in [6.45, 7) is 1.98. The summed E-state index contributed by atoms with van der Waals surface area (Å²) in [4.78, 5) is 0. The monoisotopic (exact) mass is 222 g/mol. The first kappa shape index (κ1) is 12.9. The summed E-state index contributed by atoms with van der Waals surface area (Å²) in [7, 11) is 4.65. The van der Waals surface area contributed by atoms with Crippen LogP contribution in [0.4, 0.5) is 0 Å². The van der Waals surface area contributed by atoms with Crippen LogP contribution < -0.4 is 0 Å². The van der Waals surface area contributed by atoms with Gasteiger partial charge in [-0.15, -0.1) is 0 Å². The Hall–Kier alpha value is -1.16. The van der Waals surface area contributed by atoms with E-state index in [1.807, 2.05) is 43.3 Å². The zero-order valence-electron chi connectivity index (χ0n) is 10.2. The van der Waals surface area contributed by atoms with E-state index in [0.717, 1.165) is 11.1 Å². The van der Waals surface area contributed by atoms with E-state index in [9.17, 15) is 0 Å². The van der Waals surface area contributed by atoms with Gasteiger partial charge in [-0.05, 0) is 18.6 Å². The van der Waals surface area contributed by atoms with Crippen molar-refractivity contribution in [2.75, 3.05) is 21.3 Å². The molecule has 1 aromatic carbocycles. The number of hydrogen-bond donors (Lipinski definition) is 0. The molecule has 3 heteroatoms. The Labute approximate surface area is 96.6 Å². The van der Waals surface area contributed by atoms with Crippen LogP contribution in [0.1, 0.15) is 18.1 Å². The molecule has 0 aromatic heterocycles. The minimum atomic E-state index is -1.13. The van der Waals surface area contributed by atoms with Gasteiger partial charge in [0.25, 0.3) is 0 Å². The molecular weight excluding hydrogens is 204 g/mol. The second-order valence-corrected chi connectivity index (χ2v) is 3.29. The number of hydrogen-bond acceptors (Lipinski definition) is 3. The molecule has 0 bridgehead atoms. The van der Waals surface area contributed by atoms with Gasteiger partial charge >= 0.3 is 5.97 Å². The highest BCUT2D eigenvalue weighted by Crippen LogP contribution is 2.27. The lowest BCUT2D eigenvalue weighted by atomic mass is 10.1. The second-order valence-electron chi connectivity index (χ2n) is 3.29. The van der Waals surface area contributed by atoms with E-state index in [0.29, 0.717) is 0 Å². The maximum Gasteiger partial charge on any atom is 0.311 e. The van der Waals surface area contributed by atoms with Crippen molar-refractivity contribution in [3.63, 3.8) is 0 Å². The average molecular weight is 222 g/mol. The molecule has 0 amide bonds. The predicted molar refractivity (Wildman–Crippen MR) is 63.9 cm³/mol. The van der Waals surface area contributed by atoms with E-state index in [4.69, 9.17) is 14.2 Å². The Morgan fingerprint density at radius 3 is 2.19 bits per heavy atom. The number of benzene rings is 1. The molecule has 0 heterocycles. The van der Waals surface area contributed by atoms with Crippen molar-refractivity contribution in [2.45, 2.75) is 12.9 Å². The van der Waals surface area contributed by atoms with Crippen LogP contribution in [0.5, 0.6) is 0 Å². The van der Waals surface area contributed by atoms with Crippen LogP contribution in [-0.2, 0) is 20.2 Å². The Morgan fingerprint density at radius 2 is 1.69 bits per heavy atom. The maximum absolute atomic E-state index is 5.29. The molecule has 0 aliphatic heterocycles. The molecular formula is C13H18O3. The third-order valence-corrected chi connectivity index (χ3v) is 2.41. The lowest BCUT2D eigenvalue weighted by Crippen LogP contribution is -2.32. The molecule has 88 valence electrons. The zero-order chi connectivity index (χ0) is 12.0. The molecule has 1 rings (SSSR count). The first-order valence-corrected chi connectivity index (χ1v) is 5.11. The quantitative estimate of drug-likeness (QED) is 0.717. The van der Waals surface area contributed by atoms with Crippen LogP contribution >= 0.6 is 0 Å². The van der Waals surface area contributed by atoms with Gasteiger partial charge in [0.1, 0.15) is 0 Å². The van der Waals surface area contributed by atoms with Crippen LogP contribution in [0.3, 0.4) is 0 Å². The Bertz CT molecular complexity index is 346. The summed E-state index contributed by atoms with van der Waals surface area (Å²) in [6, 6.07) is 7.83. The number of allylic oxidation sites excluding steroid dienone is 1. The van der Waals surface area contributed by atoms with Crippen molar-refractivity contribution in [3.05, 3.63) is 41.5 Å². The molecule has 3 nitrogen and oxygen atoms in total. The van der Waals surface area contributed by atoms with E-state index in [1.165, 1.54) is 0 Å². The molecule has 0 aliphatic rings. The van der Waals surface area contributed by atoms with Gasteiger partial charge in [0, 0.05) is 26.9 Å². The third-order valence-electron chi connectivity index (χ3n) is 2.41. The first-order valence-electron chi connectivity index (χ1n) is 5.11. The molecule has 0 N–H and O–H groups in total. The van der Waals surface area contributed by atoms with E-state index in [-0.39, 0.29) is 0 Å². The van der Waals surface area contributed by atoms with E-state index in [2.05, 4.69) is 0 Å². The number of rotatable bonds is 5. The van der Waals surface area contributed by atoms with E-state index in [1.54, 1.807) is 21.3 Å². The van der Waals surface area contributed by atoms with Gasteiger partial charge in [-0.1, -0.05) is 30.4 Å². The highest BCUT2D eigenvalue weighted by molar-refractivity contribution is 5.50. The minimum absolute atomic E-state index is 0.829. The van der Waals surface area contributed by atoms with Gasteiger partial charge in [0.05, 0.1) is 0 Å². The third kappa shape index (κ3) is 2.50. The van der Waals surface area contributed by atoms with E-state index >= 15 is 0 Å². The molecule has 0 fully saturated rings. The molecule has 0 radical (unpaired) electrons. The lowest BCUT2D eigenvalue weighted by Gasteiger charge is -2.29. The SMILES string of the molecule is C/C=C\c1cccc(C(OC)(OC)OC)c1. The van der Waals surface area contributed by atoms with Crippen LogP contribution in [0, 0.1) is 0 Å². The topological polar surface area (TPSA) is 27.7 Å². The Morgan fingerprint density at radius 1 is 1.06 bits per heavy atom. The molecule has 0 atom stereocenters. The van der Waals surface area contributed by atoms with Gasteiger partial charge < -0.3 is 14.2 Å². The highest BCUT2D eigenvalue weighted by Gasteiger charge is 2.32. The zero-order valence-corrected chi connectivity index (χ0v) is 10.2. The molecule has 0 saturated carbocycles. The molecule has 0 saturated heterocycles. The Kier molecular flexibility index (Phi) is 4.68. The normalized spacial score (nSPS) is 12.2. The van der Waals surface area contributed by atoms with Crippen molar-refractivity contribution >= 4 is 6.08 Å². The van der Waals surface area contributed by atoms with Gasteiger partial charge in [-0.2, -0.15) is 0 Å². The predicted octanol–water partition coefficient (Wildman–Crippen LogP) is 2.77. The standard InChI is InChI=1S/C13H18O3/c1-5-7-11-8-6-9-12(10-11)13(14-2,15-3)16-4/h5-10H,1-4H3/b7-5-. The van der Waals surface area contributed by atoms with E-state index < -0.39 is 5.97 Å². The molecule has 16 heavy (non-hydrogen) atoms. The lowest BCUT2D eigenvalue weighted by molar-refractivity contribution is -0.364. The summed E-state index contributed by atoms with van der Waals surface area (Å²) < 4.78 is 15.9. The minimum Gasteiger partial charge on any atom is -0.327 e. The first-order chi connectivity index (χ1) is 7.72. The van der Waals surface area contributed by atoms with Crippen molar-refractivity contribution in [3.8, 4) is 0 Å². The summed E-state index contributed by atoms with van der Waals surface area (Å²) in [5.41, 5.74) is 1.91. The van der Waals surface area contributed by atoms with Crippen molar-refractivity contribution in [1.82, 2.24) is 0 Å². The van der Waals surface area contributed by atoms with Crippen LogP contribution in [0.25, 0.3) is 6.08 Å². The summed E-state index contributed by atoms with van der Waals surface area (Å²) in [6.07, 6.45) is 3.99. The summed E-state index contributed by atoms with van der Waals surface area (Å²) in [5, 5.41) is 0. The van der Waals surface area contributed by atoms with Crippen LogP contribution in [-0.4, -0.2) is 21.3 Å². The number of ether oxygens (including phenoxy) is 3. The molecule has 0 spiro atoms. The summed E-state index contributed by atoms with van der Waals surface area (Å²) >= 11 is 0. The van der Waals surface area contributed by atoms with Crippen molar-refractivity contribution in [1.29, 1.82) is 0 Å². The maximum atomic E-state index is 5.29. The van der Waals surface area contributed by atoms with Gasteiger partial charge in [-0.3, -0.25) is 0 Å². The molecule has 0 unspecified atom stereocenters. The van der Waals surface area contributed by atoms with Gasteiger partial charge in [0.15, 0.2) is 0 Å². The largest absolute Gasteiger partial charge is 0.327 e. The van der Waals surface area contributed by atoms with Crippen LogP contribution in [0.15, 0.2) is 30.3 Å². The fourth-order valence-electron chi connectivity index (χ4n) is 1.63. The number of methoxy groups -OCH3 is 3. The summed E-state index contributed by atoms with van der Waals surface area (Å²) in [5.74, 6) is -1.13. The second kappa shape index (κ2) is 5.80. The van der Waals surface area contributed by atoms with Crippen molar-refractivity contribution in [2.24, 2.45) is 0 Å². The van der Waals surface area contributed by atoms with Gasteiger partial charge in [0.2, 0.25) is 0 Å². The van der Waals surface area contributed by atoms with Crippen LogP contribution in [0.2, 0.25) is 0 Å². The Balaban J connectivity index is 3.14. The average Bonchev–Trinajstić information content (AvgIpc) is 2.33. The fraction of sp³-hybridized carbons (Fsp3) is 0.385. The molecule has 1 aromatic rings.